The van der Waals surface area contributed by atoms with Crippen molar-refractivity contribution in [2.24, 2.45) is 23.2 Å². The van der Waals surface area contributed by atoms with Gasteiger partial charge < -0.3 is 10.4 Å². The molecule has 1 heterocycles. The highest BCUT2D eigenvalue weighted by atomic mass is 32.2. The lowest BCUT2D eigenvalue weighted by Crippen LogP contribution is -2.36. The van der Waals surface area contributed by atoms with Gasteiger partial charge in [-0.3, -0.25) is 9.59 Å². The van der Waals surface area contributed by atoms with Gasteiger partial charge in [-0.05, 0) is 37.0 Å². The van der Waals surface area contributed by atoms with Gasteiger partial charge in [0.05, 0.1) is 17.4 Å². The number of sulfone groups is 1. The van der Waals surface area contributed by atoms with Crippen molar-refractivity contribution in [3.05, 3.63) is 0 Å². The molecule has 22 heavy (non-hydrogen) atoms. The fourth-order valence-electron chi connectivity index (χ4n) is 3.40. The standard InChI is InChI=1S/C15H25NO5S/c1-10(2)7-11(14(18)19)9-16-13(17)12-8-15(12)3-5-22(20,21)6-4-15/h10-12H,3-9H2,1-2H3,(H,16,17)(H,18,19). The van der Waals surface area contributed by atoms with E-state index in [-0.39, 0.29) is 41.2 Å². The van der Waals surface area contributed by atoms with Crippen molar-refractivity contribution < 1.29 is 23.1 Å². The molecule has 1 aliphatic carbocycles. The van der Waals surface area contributed by atoms with Crippen LogP contribution in [0.25, 0.3) is 0 Å². The normalized spacial score (nSPS) is 26.6. The van der Waals surface area contributed by atoms with Gasteiger partial charge >= 0.3 is 5.97 Å². The van der Waals surface area contributed by atoms with E-state index in [2.05, 4.69) is 5.32 Å². The number of rotatable bonds is 6. The molecule has 2 N–H and O–H groups in total. The van der Waals surface area contributed by atoms with E-state index >= 15 is 0 Å². The third kappa shape index (κ3) is 4.00. The summed E-state index contributed by atoms with van der Waals surface area (Å²) >= 11 is 0. The number of carboxylic acid groups (broad SMARTS) is 1. The van der Waals surface area contributed by atoms with Gasteiger partial charge in [-0.2, -0.15) is 0 Å². The Morgan fingerprint density at radius 3 is 2.36 bits per heavy atom. The maximum Gasteiger partial charge on any atom is 0.308 e. The lowest BCUT2D eigenvalue weighted by atomic mass is 9.95. The van der Waals surface area contributed by atoms with Gasteiger partial charge in [-0.25, -0.2) is 8.42 Å². The molecule has 0 aromatic heterocycles. The molecule has 126 valence electrons. The number of carboxylic acids is 1. The summed E-state index contributed by atoms with van der Waals surface area (Å²) in [5.74, 6) is -1.11. The maximum atomic E-state index is 12.2. The smallest absolute Gasteiger partial charge is 0.308 e. The van der Waals surface area contributed by atoms with Crippen LogP contribution in [0.1, 0.15) is 39.5 Å². The second-order valence-electron chi connectivity index (χ2n) is 7.18. The fourth-order valence-corrected chi connectivity index (χ4v) is 5.04. The van der Waals surface area contributed by atoms with Crippen molar-refractivity contribution in [2.75, 3.05) is 18.1 Å². The van der Waals surface area contributed by atoms with Gasteiger partial charge in [-0.1, -0.05) is 13.8 Å². The van der Waals surface area contributed by atoms with Crippen molar-refractivity contribution in [1.29, 1.82) is 0 Å². The van der Waals surface area contributed by atoms with E-state index in [0.29, 0.717) is 19.3 Å². The van der Waals surface area contributed by atoms with Crippen LogP contribution >= 0.6 is 0 Å². The summed E-state index contributed by atoms with van der Waals surface area (Å²) in [5, 5.41) is 11.9. The predicted octanol–water partition coefficient (Wildman–Crippen LogP) is 1.06. The van der Waals surface area contributed by atoms with Crippen LogP contribution in [0.3, 0.4) is 0 Å². The Morgan fingerprint density at radius 2 is 1.86 bits per heavy atom. The second-order valence-corrected chi connectivity index (χ2v) is 9.48. The lowest BCUT2D eigenvalue weighted by molar-refractivity contribution is -0.142. The Labute approximate surface area is 131 Å². The van der Waals surface area contributed by atoms with Crippen LogP contribution in [-0.4, -0.2) is 43.5 Å². The van der Waals surface area contributed by atoms with Crippen molar-refractivity contribution in [3.8, 4) is 0 Å². The van der Waals surface area contributed by atoms with Crippen LogP contribution in [-0.2, 0) is 19.4 Å². The van der Waals surface area contributed by atoms with Gasteiger partial charge in [-0.15, -0.1) is 0 Å². The summed E-state index contributed by atoms with van der Waals surface area (Å²) in [6, 6.07) is 0. The second kappa shape index (κ2) is 6.18. The molecule has 0 bridgehead atoms. The average Bonchev–Trinajstić information content (AvgIpc) is 3.12. The molecule has 2 rings (SSSR count). The Morgan fingerprint density at radius 1 is 1.27 bits per heavy atom. The first-order valence-electron chi connectivity index (χ1n) is 7.86. The third-order valence-corrected chi connectivity index (χ3v) is 6.61. The molecular formula is C15H25NO5S. The predicted molar refractivity (Wildman–Crippen MR) is 82.0 cm³/mol. The Hall–Kier alpha value is -1.11. The van der Waals surface area contributed by atoms with Crippen LogP contribution in [0.4, 0.5) is 0 Å². The quantitative estimate of drug-likeness (QED) is 0.758. The van der Waals surface area contributed by atoms with Crippen molar-refractivity contribution >= 4 is 21.7 Å². The van der Waals surface area contributed by atoms with Gasteiger partial charge in [0.15, 0.2) is 0 Å². The van der Waals surface area contributed by atoms with Crippen LogP contribution in [0.15, 0.2) is 0 Å². The summed E-state index contributed by atoms with van der Waals surface area (Å²) in [6.45, 7) is 4.06. The van der Waals surface area contributed by atoms with Gasteiger partial charge in [0.2, 0.25) is 5.91 Å². The zero-order chi connectivity index (χ0) is 16.5. The minimum Gasteiger partial charge on any atom is -0.481 e. The first kappa shape index (κ1) is 17.2. The molecule has 1 saturated heterocycles. The molecular weight excluding hydrogens is 306 g/mol. The Kier molecular flexibility index (Phi) is 4.84. The lowest BCUT2D eigenvalue weighted by Gasteiger charge is -2.22. The molecule has 0 aromatic rings. The zero-order valence-corrected chi connectivity index (χ0v) is 14.0. The number of hydrogen-bond donors (Lipinski definition) is 2. The van der Waals surface area contributed by atoms with Gasteiger partial charge in [0, 0.05) is 12.5 Å². The van der Waals surface area contributed by atoms with Crippen LogP contribution in [0.2, 0.25) is 0 Å². The molecule has 2 unspecified atom stereocenters. The number of amides is 1. The highest BCUT2D eigenvalue weighted by molar-refractivity contribution is 7.91. The summed E-state index contributed by atoms with van der Waals surface area (Å²) < 4.78 is 22.9. The topological polar surface area (TPSA) is 101 Å². The summed E-state index contributed by atoms with van der Waals surface area (Å²) in [7, 11) is -2.92. The number of carbonyl (C=O) groups excluding carboxylic acids is 1. The SMILES string of the molecule is CC(C)CC(CNC(=O)C1CC12CCS(=O)(=O)CC2)C(=O)O. The highest BCUT2D eigenvalue weighted by Crippen LogP contribution is 2.59. The molecule has 7 heteroatoms. The zero-order valence-electron chi connectivity index (χ0n) is 13.2. The van der Waals surface area contributed by atoms with E-state index in [1.54, 1.807) is 0 Å². The third-order valence-electron chi connectivity index (χ3n) is 4.96. The van der Waals surface area contributed by atoms with Crippen LogP contribution in [0.5, 0.6) is 0 Å². The van der Waals surface area contributed by atoms with Crippen LogP contribution < -0.4 is 5.32 Å². The molecule has 0 aromatic carbocycles. The Balaban J connectivity index is 1.83. The summed E-state index contributed by atoms with van der Waals surface area (Å²) in [5.41, 5.74) is -0.147. The maximum absolute atomic E-state index is 12.2. The number of hydrogen-bond acceptors (Lipinski definition) is 4. The summed E-state index contributed by atoms with van der Waals surface area (Å²) in [6.07, 6.45) is 2.38. The summed E-state index contributed by atoms with van der Waals surface area (Å²) in [4.78, 5) is 23.4. The fraction of sp³-hybridized carbons (Fsp3) is 0.867. The molecule has 2 atom stereocenters. The molecule has 1 amide bonds. The molecule has 6 nitrogen and oxygen atoms in total. The van der Waals surface area contributed by atoms with E-state index in [1.807, 2.05) is 13.8 Å². The van der Waals surface area contributed by atoms with Crippen molar-refractivity contribution in [1.82, 2.24) is 5.32 Å². The van der Waals surface area contributed by atoms with E-state index in [1.165, 1.54) is 0 Å². The Bertz CT molecular complexity index is 540. The van der Waals surface area contributed by atoms with E-state index < -0.39 is 21.7 Å². The van der Waals surface area contributed by atoms with Gasteiger partial charge in [0.25, 0.3) is 0 Å². The highest BCUT2D eigenvalue weighted by Gasteiger charge is 2.59. The largest absolute Gasteiger partial charge is 0.481 e. The molecule has 0 radical (unpaired) electrons. The molecule has 2 aliphatic rings. The minimum atomic E-state index is -2.92. The molecule has 1 spiro atoms. The number of nitrogens with one attached hydrogen (secondary N) is 1. The van der Waals surface area contributed by atoms with Crippen molar-refractivity contribution in [3.63, 3.8) is 0 Å². The molecule has 1 aliphatic heterocycles. The monoisotopic (exact) mass is 331 g/mol. The molecule has 1 saturated carbocycles. The van der Waals surface area contributed by atoms with Gasteiger partial charge in [0.1, 0.15) is 9.84 Å². The first-order chi connectivity index (χ1) is 10.2. The van der Waals surface area contributed by atoms with E-state index in [0.717, 1.165) is 6.42 Å². The average molecular weight is 331 g/mol. The number of carbonyl (C=O) groups is 2. The number of aliphatic carboxylic acids is 1. The van der Waals surface area contributed by atoms with Crippen molar-refractivity contribution in [2.45, 2.75) is 39.5 Å². The first-order valence-corrected chi connectivity index (χ1v) is 9.68. The minimum absolute atomic E-state index is 0.116. The van der Waals surface area contributed by atoms with Crippen LogP contribution in [0, 0.1) is 23.2 Å². The van der Waals surface area contributed by atoms with E-state index in [4.69, 9.17) is 0 Å². The van der Waals surface area contributed by atoms with E-state index in [9.17, 15) is 23.1 Å². The molecule has 2 fully saturated rings.